The van der Waals surface area contributed by atoms with Crippen LogP contribution < -0.4 is 4.74 Å². The number of hydrogen-bond acceptors (Lipinski definition) is 4. The summed E-state index contributed by atoms with van der Waals surface area (Å²) in [6, 6.07) is 5.20. The Bertz CT molecular complexity index is 525. The van der Waals surface area contributed by atoms with Crippen LogP contribution in [0.2, 0.25) is 0 Å². The van der Waals surface area contributed by atoms with E-state index in [1.165, 1.54) is 31.4 Å². The number of ether oxygens (including phenoxy) is 3. The molecular weight excluding hydrogens is 277 g/mol. The highest BCUT2D eigenvalue weighted by atomic mass is 19.4. The second kappa shape index (κ2) is 4.37. The fourth-order valence-corrected chi connectivity index (χ4v) is 2.12. The van der Waals surface area contributed by atoms with E-state index in [1.54, 1.807) is 13.8 Å². The molecule has 0 spiro atoms. The lowest BCUT2D eigenvalue weighted by molar-refractivity contribution is -0.274. The monoisotopic (exact) mass is 290 g/mol. The number of methoxy groups -OCH3 is 1. The first-order valence-electron chi connectivity index (χ1n) is 5.77. The molecule has 7 heteroatoms. The predicted molar refractivity (Wildman–Crippen MR) is 62.0 cm³/mol. The lowest BCUT2D eigenvalue weighted by atomic mass is 9.89. The van der Waals surface area contributed by atoms with Crippen LogP contribution in [0.5, 0.6) is 5.75 Å². The highest BCUT2D eigenvalue weighted by molar-refractivity contribution is 5.84. The van der Waals surface area contributed by atoms with Crippen LogP contribution in [0.4, 0.5) is 13.2 Å². The minimum absolute atomic E-state index is 0.328. The Balaban J connectivity index is 2.18. The summed E-state index contributed by atoms with van der Waals surface area (Å²) in [4.78, 5) is 11.6. The molecule has 2 rings (SSSR count). The topological polar surface area (TPSA) is 48.1 Å². The van der Waals surface area contributed by atoms with Gasteiger partial charge in [0.25, 0.3) is 0 Å². The van der Waals surface area contributed by atoms with Crippen molar-refractivity contribution < 1.29 is 32.2 Å². The first-order chi connectivity index (χ1) is 9.12. The number of alkyl halides is 3. The zero-order valence-electron chi connectivity index (χ0n) is 11.1. The van der Waals surface area contributed by atoms with Crippen LogP contribution in [0.25, 0.3) is 0 Å². The molecule has 0 aliphatic carbocycles. The quantitative estimate of drug-likeness (QED) is 0.634. The van der Waals surface area contributed by atoms with Crippen LogP contribution in [-0.4, -0.2) is 25.0 Å². The molecule has 1 saturated heterocycles. The van der Waals surface area contributed by atoms with Gasteiger partial charge in [-0.3, -0.25) is 0 Å². The second-order valence-electron chi connectivity index (χ2n) is 4.73. The van der Waals surface area contributed by atoms with Crippen molar-refractivity contribution in [1.82, 2.24) is 0 Å². The van der Waals surface area contributed by atoms with Gasteiger partial charge in [0.1, 0.15) is 11.4 Å². The van der Waals surface area contributed by atoms with Gasteiger partial charge in [0.05, 0.1) is 7.11 Å². The Morgan fingerprint density at radius 1 is 1.20 bits per heavy atom. The van der Waals surface area contributed by atoms with Crippen molar-refractivity contribution in [3.8, 4) is 5.75 Å². The molecule has 0 aromatic heterocycles. The lowest BCUT2D eigenvalue weighted by Crippen LogP contribution is -2.29. The second-order valence-corrected chi connectivity index (χ2v) is 4.73. The largest absolute Gasteiger partial charge is 0.573 e. The minimum Gasteiger partial charge on any atom is -0.467 e. The maximum atomic E-state index is 12.1. The van der Waals surface area contributed by atoms with Crippen molar-refractivity contribution in [1.29, 1.82) is 0 Å². The molecule has 1 heterocycles. The number of epoxide rings is 1. The van der Waals surface area contributed by atoms with Crippen molar-refractivity contribution in [3.05, 3.63) is 29.8 Å². The van der Waals surface area contributed by atoms with Crippen molar-refractivity contribution in [2.45, 2.75) is 31.4 Å². The zero-order valence-corrected chi connectivity index (χ0v) is 11.1. The van der Waals surface area contributed by atoms with E-state index >= 15 is 0 Å². The molecule has 2 atom stereocenters. The number of rotatable bonds is 3. The van der Waals surface area contributed by atoms with Gasteiger partial charge in [-0.25, -0.2) is 4.79 Å². The number of carbonyl (C=O) groups excluding carboxylic acids is 1. The van der Waals surface area contributed by atoms with Gasteiger partial charge in [-0.2, -0.15) is 0 Å². The minimum atomic E-state index is -4.73. The van der Waals surface area contributed by atoms with Crippen LogP contribution in [0.1, 0.15) is 19.4 Å². The lowest BCUT2D eigenvalue weighted by Gasteiger charge is -2.13. The van der Waals surface area contributed by atoms with Gasteiger partial charge in [0.15, 0.2) is 5.60 Å². The van der Waals surface area contributed by atoms with Crippen LogP contribution in [0, 0.1) is 0 Å². The van der Waals surface area contributed by atoms with Gasteiger partial charge in [-0.1, -0.05) is 12.1 Å². The molecule has 1 aromatic carbocycles. The number of hydrogen-bond donors (Lipinski definition) is 0. The Hall–Kier alpha value is -1.76. The molecule has 1 aliphatic rings. The number of halogens is 3. The van der Waals surface area contributed by atoms with Crippen LogP contribution in [0.3, 0.4) is 0 Å². The Morgan fingerprint density at radius 3 is 2.20 bits per heavy atom. The molecule has 2 unspecified atom stereocenters. The van der Waals surface area contributed by atoms with E-state index in [9.17, 15) is 18.0 Å². The third kappa shape index (κ3) is 2.33. The maximum absolute atomic E-state index is 12.1. The summed E-state index contributed by atoms with van der Waals surface area (Å²) in [6.07, 6.45) is -4.73. The Morgan fingerprint density at radius 2 is 1.75 bits per heavy atom. The van der Waals surface area contributed by atoms with Gasteiger partial charge in [0.2, 0.25) is 0 Å². The van der Waals surface area contributed by atoms with Crippen molar-refractivity contribution in [2.75, 3.05) is 7.11 Å². The van der Waals surface area contributed by atoms with E-state index in [1.807, 2.05) is 0 Å². The van der Waals surface area contributed by atoms with E-state index in [-0.39, 0.29) is 5.75 Å². The van der Waals surface area contributed by atoms with Crippen LogP contribution in [0.15, 0.2) is 24.3 Å². The molecular formula is C13H13F3O4. The average molecular weight is 290 g/mol. The number of esters is 1. The normalized spacial score (nSPS) is 28.9. The molecule has 1 aromatic rings. The number of carbonyl (C=O) groups is 1. The van der Waals surface area contributed by atoms with Gasteiger partial charge in [-0.15, -0.1) is 13.2 Å². The Kier molecular flexibility index (Phi) is 3.20. The SMILES string of the molecule is COC(=O)C1(C)OC1(C)c1ccc(OC(F)(F)F)cc1. The summed E-state index contributed by atoms with van der Waals surface area (Å²) in [5.41, 5.74) is -1.48. The summed E-state index contributed by atoms with van der Waals surface area (Å²) in [6.45, 7) is 3.24. The zero-order chi connectivity index (χ0) is 15.2. The van der Waals surface area contributed by atoms with E-state index in [0.717, 1.165) is 0 Å². The maximum Gasteiger partial charge on any atom is 0.573 e. The fraction of sp³-hybridized carbons (Fsp3) is 0.462. The van der Waals surface area contributed by atoms with E-state index < -0.39 is 23.5 Å². The third-order valence-corrected chi connectivity index (χ3v) is 3.49. The summed E-state index contributed by atoms with van der Waals surface area (Å²) < 4.78 is 50.0. The Labute approximate surface area is 113 Å². The molecule has 20 heavy (non-hydrogen) atoms. The highest BCUT2D eigenvalue weighted by Gasteiger charge is 2.70. The van der Waals surface area contributed by atoms with Crippen LogP contribution in [-0.2, 0) is 19.9 Å². The van der Waals surface area contributed by atoms with Crippen molar-refractivity contribution in [3.63, 3.8) is 0 Å². The van der Waals surface area contributed by atoms with Gasteiger partial charge in [0, 0.05) is 0 Å². The molecule has 0 bridgehead atoms. The van der Waals surface area contributed by atoms with Crippen LogP contribution >= 0.6 is 0 Å². The van der Waals surface area contributed by atoms with Gasteiger partial charge in [-0.05, 0) is 31.5 Å². The third-order valence-electron chi connectivity index (χ3n) is 3.49. The molecule has 0 radical (unpaired) electrons. The standard InChI is InChI=1S/C13H13F3O4/c1-11(12(2,20-11)10(17)18-3)8-4-6-9(7-5-8)19-13(14,15)16/h4-7H,1-3H3. The molecule has 0 N–H and O–H groups in total. The summed E-state index contributed by atoms with van der Waals surface area (Å²) in [7, 11) is 1.25. The molecule has 1 aliphatic heterocycles. The first kappa shape index (κ1) is 14.6. The summed E-state index contributed by atoms with van der Waals surface area (Å²) >= 11 is 0. The molecule has 4 nitrogen and oxygen atoms in total. The highest BCUT2D eigenvalue weighted by Crippen LogP contribution is 2.56. The van der Waals surface area contributed by atoms with Gasteiger partial charge >= 0.3 is 12.3 Å². The van der Waals surface area contributed by atoms with Gasteiger partial charge < -0.3 is 14.2 Å². The number of benzene rings is 1. The fourth-order valence-electron chi connectivity index (χ4n) is 2.12. The average Bonchev–Trinajstić information content (AvgIpc) is 2.92. The van der Waals surface area contributed by atoms with Crippen molar-refractivity contribution >= 4 is 5.97 Å². The van der Waals surface area contributed by atoms with E-state index in [4.69, 9.17) is 4.74 Å². The smallest absolute Gasteiger partial charge is 0.467 e. The predicted octanol–water partition coefficient (Wildman–Crippen LogP) is 2.76. The van der Waals surface area contributed by atoms with E-state index in [0.29, 0.717) is 5.56 Å². The molecule has 110 valence electrons. The molecule has 0 saturated carbocycles. The summed E-state index contributed by atoms with van der Waals surface area (Å²) in [5, 5.41) is 0. The van der Waals surface area contributed by atoms with Crippen molar-refractivity contribution in [2.24, 2.45) is 0 Å². The molecule has 1 fully saturated rings. The molecule has 0 amide bonds. The first-order valence-corrected chi connectivity index (χ1v) is 5.77. The van der Waals surface area contributed by atoms with E-state index in [2.05, 4.69) is 9.47 Å². The summed E-state index contributed by atoms with van der Waals surface area (Å²) in [5.74, 6) is -0.860.